The van der Waals surface area contributed by atoms with Crippen molar-refractivity contribution in [3.63, 3.8) is 0 Å². The van der Waals surface area contributed by atoms with Gasteiger partial charge in [0.05, 0.1) is 5.69 Å². The van der Waals surface area contributed by atoms with Gasteiger partial charge in [0.2, 0.25) is 5.91 Å². The summed E-state index contributed by atoms with van der Waals surface area (Å²) in [6.45, 7) is 3.68. The van der Waals surface area contributed by atoms with Crippen LogP contribution in [0.25, 0.3) is 10.8 Å². The highest BCUT2D eigenvalue weighted by Crippen LogP contribution is 2.23. The van der Waals surface area contributed by atoms with Gasteiger partial charge in [0.15, 0.2) is 5.84 Å². The molecule has 0 radical (unpaired) electrons. The Morgan fingerprint density at radius 3 is 2.81 bits per heavy atom. The van der Waals surface area contributed by atoms with Crippen LogP contribution in [0, 0.1) is 11.8 Å². The molecule has 0 bridgehead atoms. The van der Waals surface area contributed by atoms with Gasteiger partial charge in [-0.3, -0.25) is 9.78 Å². The topological polar surface area (TPSA) is 101 Å². The summed E-state index contributed by atoms with van der Waals surface area (Å²) >= 11 is 0. The minimum absolute atomic E-state index is 0.0889. The van der Waals surface area contributed by atoms with Gasteiger partial charge in [-0.05, 0) is 23.4 Å². The maximum atomic E-state index is 12.4. The summed E-state index contributed by atoms with van der Waals surface area (Å²) in [5.74, 6) is -1.19. The number of amides is 1. The molecule has 21 heavy (non-hydrogen) atoms. The Hall–Kier alpha value is -2.63. The van der Waals surface area contributed by atoms with E-state index >= 15 is 0 Å². The summed E-state index contributed by atoms with van der Waals surface area (Å²) < 4.78 is 0. The lowest BCUT2D eigenvalue weighted by Crippen LogP contribution is -2.38. The van der Waals surface area contributed by atoms with Gasteiger partial charge in [0.1, 0.15) is 5.92 Å². The van der Waals surface area contributed by atoms with Crippen LogP contribution in [0.15, 0.2) is 41.8 Å². The number of nitrogens with two attached hydrogens (primary N) is 1. The minimum Gasteiger partial charge on any atom is -0.409 e. The van der Waals surface area contributed by atoms with E-state index in [2.05, 4.69) is 15.5 Å². The van der Waals surface area contributed by atoms with Crippen molar-refractivity contribution in [2.24, 2.45) is 22.7 Å². The van der Waals surface area contributed by atoms with E-state index < -0.39 is 5.92 Å². The Balaban J connectivity index is 2.33. The van der Waals surface area contributed by atoms with E-state index in [0.717, 1.165) is 10.8 Å². The van der Waals surface area contributed by atoms with Gasteiger partial charge in [-0.15, -0.1) is 0 Å². The highest BCUT2D eigenvalue weighted by molar-refractivity contribution is 6.10. The Labute approximate surface area is 122 Å². The quantitative estimate of drug-likeness (QED) is 0.347. The van der Waals surface area contributed by atoms with Gasteiger partial charge in [0, 0.05) is 17.8 Å². The zero-order chi connectivity index (χ0) is 15.4. The molecule has 0 aliphatic heterocycles. The average molecular weight is 286 g/mol. The number of hydrogen-bond acceptors (Lipinski definition) is 4. The highest BCUT2D eigenvalue weighted by Gasteiger charge is 2.27. The molecule has 2 aromatic rings. The van der Waals surface area contributed by atoms with Crippen LogP contribution < -0.4 is 11.1 Å². The molecule has 0 saturated carbocycles. The van der Waals surface area contributed by atoms with E-state index in [1.165, 1.54) is 0 Å². The molecular weight excluding hydrogens is 268 g/mol. The van der Waals surface area contributed by atoms with Crippen molar-refractivity contribution < 1.29 is 10.0 Å². The maximum absolute atomic E-state index is 12.4. The third-order valence-corrected chi connectivity index (χ3v) is 3.32. The first kappa shape index (κ1) is 14.8. The number of pyridine rings is 1. The number of nitrogens with zero attached hydrogens (tertiary/aromatic N) is 2. The molecule has 6 nitrogen and oxygen atoms in total. The summed E-state index contributed by atoms with van der Waals surface area (Å²) in [5.41, 5.74) is 6.27. The molecule has 1 atom stereocenters. The lowest BCUT2D eigenvalue weighted by atomic mass is 9.93. The van der Waals surface area contributed by atoms with Gasteiger partial charge in [-0.1, -0.05) is 31.1 Å². The SMILES string of the molecule is CC(C)C(C(=O)Nc1cccc2ccncc12)/C(N)=N/O. The Morgan fingerprint density at radius 2 is 2.14 bits per heavy atom. The molecule has 1 amide bonds. The van der Waals surface area contributed by atoms with Crippen molar-refractivity contribution in [3.8, 4) is 0 Å². The van der Waals surface area contributed by atoms with Gasteiger partial charge >= 0.3 is 0 Å². The molecule has 1 heterocycles. The number of nitrogens with one attached hydrogen (secondary N) is 1. The van der Waals surface area contributed by atoms with Gasteiger partial charge < -0.3 is 16.3 Å². The zero-order valence-electron chi connectivity index (χ0n) is 11.9. The van der Waals surface area contributed by atoms with E-state index in [9.17, 15) is 4.79 Å². The van der Waals surface area contributed by atoms with Crippen LogP contribution in [0.1, 0.15) is 13.8 Å². The van der Waals surface area contributed by atoms with Crippen LogP contribution in [-0.2, 0) is 4.79 Å². The van der Waals surface area contributed by atoms with Crippen molar-refractivity contribution in [1.82, 2.24) is 4.98 Å². The standard InChI is InChI=1S/C15H18N4O2/c1-9(2)13(14(16)19-21)15(20)18-12-5-3-4-10-6-7-17-8-11(10)12/h3-9,13,21H,1-2H3,(H2,16,19)(H,18,20). The molecule has 2 rings (SSSR count). The molecular formula is C15H18N4O2. The normalized spacial score (nSPS) is 13.4. The molecule has 110 valence electrons. The number of fused-ring (bicyclic) bond motifs is 1. The fraction of sp³-hybridized carbons (Fsp3) is 0.267. The van der Waals surface area contributed by atoms with Crippen LogP contribution in [0.3, 0.4) is 0 Å². The second kappa shape index (κ2) is 6.21. The summed E-state index contributed by atoms with van der Waals surface area (Å²) in [5, 5.41) is 16.4. The number of anilines is 1. The molecule has 0 aliphatic rings. The maximum Gasteiger partial charge on any atom is 0.235 e. The molecule has 1 aromatic carbocycles. The predicted octanol–water partition coefficient (Wildman–Crippen LogP) is 2.19. The van der Waals surface area contributed by atoms with Crippen molar-refractivity contribution in [2.45, 2.75) is 13.8 Å². The number of carbonyl (C=O) groups excluding carboxylic acids is 1. The lowest BCUT2D eigenvalue weighted by Gasteiger charge is -2.19. The van der Waals surface area contributed by atoms with Crippen LogP contribution >= 0.6 is 0 Å². The van der Waals surface area contributed by atoms with E-state index in [-0.39, 0.29) is 17.7 Å². The van der Waals surface area contributed by atoms with Crippen LogP contribution in [0.2, 0.25) is 0 Å². The molecule has 4 N–H and O–H groups in total. The van der Waals surface area contributed by atoms with Gasteiger partial charge in [-0.25, -0.2) is 0 Å². The zero-order valence-corrected chi connectivity index (χ0v) is 11.9. The number of benzene rings is 1. The second-order valence-electron chi connectivity index (χ2n) is 5.14. The monoisotopic (exact) mass is 286 g/mol. The second-order valence-corrected chi connectivity index (χ2v) is 5.14. The third-order valence-electron chi connectivity index (χ3n) is 3.32. The van der Waals surface area contributed by atoms with Gasteiger partial charge in [0.25, 0.3) is 0 Å². The number of aromatic nitrogens is 1. The summed E-state index contributed by atoms with van der Waals surface area (Å²) in [4.78, 5) is 16.5. The Kier molecular flexibility index (Phi) is 4.37. The first-order valence-electron chi connectivity index (χ1n) is 6.65. The summed E-state index contributed by atoms with van der Waals surface area (Å²) in [6.07, 6.45) is 3.39. The molecule has 0 aliphatic carbocycles. The fourth-order valence-corrected chi connectivity index (χ4v) is 2.27. The van der Waals surface area contributed by atoms with Crippen molar-refractivity contribution in [2.75, 3.05) is 5.32 Å². The lowest BCUT2D eigenvalue weighted by molar-refractivity contribution is -0.119. The highest BCUT2D eigenvalue weighted by atomic mass is 16.4. The molecule has 0 fully saturated rings. The van der Waals surface area contributed by atoms with Gasteiger partial charge in [-0.2, -0.15) is 0 Å². The molecule has 0 saturated heterocycles. The van der Waals surface area contributed by atoms with Crippen LogP contribution in [0.5, 0.6) is 0 Å². The molecule has 0 spiro atoms. The first-order valence-corrected chi connectivity index (χ1v) is 6.65. The van der Waals surface area contributed by atoms with E-state index in [1.54, 1.807) is 18.5 Å². The van der Waals surface area contributed by atoms with Crippen LogP contribution in [-0.4, -0.2) is 21.9 Å². The number of oxime groups is 1. The van der Waals surface area contributed by atoms with Crippen LogP contribution in [0.4, 0.5) is 5.69 Å². The van der Waals surface area contributed by atoms with Crippen molar-refractivity contribution in [3.05, 3.63) is 36.7 Å². The summed E-state index contributed by atoms with van der Waals surface area (Å²) in [6, 6.07) is 7.46. The Bertz CT molecular complexity index is 677. The van der Waals surface area contributed by atoms with E-state index in [0.29, 0.717) is 5.69 Å². The number of amidine groups is 1. The fourth-order valence-electron chi connectivity index (χ4n) is 2.27. The Morgan fingerprint density at radius 1 is 1.38 bits per heavy atom. The molecule has 1 aromatic heterocycles. The first-order chi connectivity index (χ1) is 10.0. The average Bonchev–Trinajstić information content (AvgIpc) is 2.47. The molecule has 1 unspecified atom stereocenters. The number of carbonyl (C=O) groups is 1. The van der Waals surface area contributed by atoms with Crippen molar-refractivity contribution >= 4 is 28.2 Å². The number of hydrogen-bond donors (Lipinski definition) is 3. The largest absolute Gasteiger partial charge is 0.409 e. The third kappa shape index (κ3) is 3.10. The van der Waals surface area contributed by atoms with E-state index in [4.69, 9.17) is 10.9 Å². The van der Waals surface area contributed by atoms with E-state index in [1.807, 2.05) is 32.0 Å². The minimum atomic E-state index is -0.693. The number of rotatable bonds is 4. The summed E-state index contributed by atoms with van der Waals surface area (Å²) in [7, 11) is 0. The molecule has 6 heteroatoms. The van der Waals surface area contributed by atoms with Crippen molar-refractivity contribution in [1.29, 1.82) is 0 Å². The smallest absolute Gasteiger partial charge is 0.235 e. The predicted molar refractivity (Wildman–Crippen MR) is 82.1 cm³/mol.